The van der Waals surface area contributed by atoms with E-state index in [-0.39, 0.29) is 12.3 Å². The fourth-order valence-corrected chi connectivity index (χ4v) is 2.55. The summed E-state index contributed by atoms with van der Waals surface area (Å²) in [4.78, 5) is 48.0. The average Bonchev–Trinajstić information content (AvgIpc) is 3.44. The maximum Gasteiger partial charge on any atom is 0.407 e. The predicted molar refractivity (Wildman–Crippen MR) is 99.5 cm³/mol. The summed E-state index contributed by atoms with van der Waals surface area (Å²) in [6.07, 6.45) is -0.434. The molecule has 3 N–H and O–H groups in total. The van der Waals surface area contributed by atoms with E-state index in [1.54, 1.807) is 6.92 Å². The zero-order valence-electron chi connectivity index (χ0n) is 16.1. The van der Waals surface area contributed by atoms with Gasteiger partial charge in [0.15, 0.2) is 5.78 Å². The Morgan fingerprint density at radius 2 is 1.82 bits per heavy atom. The Hall–Kier alpha value is -2.94. The highest BCUT2D eigenvalue weighted by Crippen LogP contribution is 2.29. The first-order valence-corrected chi connectivity index (χ1v) is 8.89. The van der Waals surface area contributed by atoms with E-state index in [9.17, 15) is 19.2 Å². The van der Waals surface area contributed by atoms with Gasteiger partial charge in [0.1, 0.15) is 11.6 Å². The number of benzene rings is 1. The fourth-order valence-electron chi connectivity index (χ4n) is 2.55. The molecule has 152 valence electrons. The lowest BCUT2D eigenvalue weighted by atomic mass is 9.95. The van der Waals surface area contributed by atoms with Crippen LogP contribution < -0.4 is 16.0 Å². The lowest BCUT2D eigenvalue weighted by Gasteiger charge is -2.20. The third kappa shape index (κ3) is 6.05. The summed E-state index contributed by atoms with van der Waals surface area (Å²) in [6, 6.07) is 7.65. The number of hydrogen-bond acceptors (Lipinski definition) is 6. The van der Waals surface area contributed by atoms with Crippen LogP contribution in [0.25, 0.3) is 0 Å². The van der Waals surface area contributed by atoms with Crippen LogP contribution >= 0.6 is 0 Å². The Labute approximate surface area is 163 Å². The number of ether oxygens (including phenoxy) is 2. The smallest absolute Gasteiger partial charge is 0.407 e. The largest absolute Gasteiger partial charge is 0.453 e. The van der Waals surface area contributed by atoms with Crippen LogP contribution in [0.1, 0.15) is 19.4 Å². The third-order valence-electron chi connectivity index (χ3n) is 4.37. The third-order valence-corrected chi connectivity index (χ3v) is 4.37. The van der Waals surface area contributed by atoms with Gasteiger partial charge in [0.2, 0.25) is 11.8 Å². The van der Waals surface area contributed by atoms with Crippen molar-refractivity contribution in [3.8, 4) is 0 Å². The summed E-state index contributed by atoms with van der Waals surface area (Å²) in [7, 11) is 1.18. The normalized spacial score (nSPS) is 19.7. The van der Waals surface area contributed by atoms with E-state index in [1.807, 2.05) is 30.3 Å². The molecule has 1 fully saturated rings. The van der Waals surface area contributed by atoms with E-state index in [2.05, 4.69) is 20.7 Å². The molecule has 2 rings (SSSR count). The van der Waals surface area contributed by atoms with Crippen molar-refractivity contribution in [3.05, 3.63) is 35.9 Å². The second kappa shape index (κ2) is 9.32. The summed E-state index contributed by atoms with van der Waals surface area (Å²) >= 11 is 0. The van der Waals surface area contributed by atoms with Gasteiger partial charge < -0.3 is 25.4 Å². The summed E-state index contributed by atoms with van der Waals surface area (Å²) in [5.41, 5.74) is 0.0138. The van der Waals surface area contributed by atoms with Crippen molar-refractivity contribution in [1.82, 2.24) is 16.0 Å². The Morgan fingerprint density at radius 3 is 2.39 bits per heavy atom. The van der Waals surface area contributed by atoms with Crippen molar-refractivity contribution in [2.24, 2.45) is 0 Å². The van der Waals surface area contributed by atoms with Crippen LogP contribution in [0.5, 0.6) is 0 Å². The molecule has 28 heavy (non-hydrogen) atoms. The predicted octanol–water partition coefficient (Wildman–Crippen LogP) is -0.0674. The van der Waals surface area contributed by atoms with Gasteiger partial charge in [-0.2, -0.15) is 0 Å². The van der Waals surface area contributed by atoms with Crippen molar-refractivity contribution in [2.75, 3.05) is 20.3 Å². The van der Waals surface area contributed by atoms with Crippen LogP contribution in [0.2, 0.25) is 0 Å². The number of epoxide rings is 1. The number of Topliss-reactive ketones (excluding diaryl/α,β-unsaturated/α-hetero) is 1. The molecule has 0 radical (unpaired) electrons. The van der Waals surface area contributed by atoms with E-state index in [1.165, 1.54) is 14.0 Å². The van der Waals surface area contributed by atoms with Crippen molar-refractivity contribution in [1.29, 1.82) is 0 Å². The fraction of sp³-hybridized carbons (Fsp3) is 0.474. The van der Waals surface area contributed by atoms with E-state index in [0.29, 0.717) is 13.0 Å². The van der Waals surface area contributed by atoms with Crippen molar-refractivity contribution in [2.45, 2.75) is 38.0 Å². The Balaban J connectivity index is 1.91. The quantitative estimate of drug-likeness (QED) is 0.506. The van der Waals surface area contributed by atoms with Gasteiger partial charge >= 0.3 is 6.09 Å². The highest BCUT2D eigenvalue weighted by atomic mass is 16.6. The SMILES string of the molecule is COC(=O)N[C@@H](C)C(=O)NCC(=O)N[C@@H](Cc1ccccc1)C(=O)[C@@]1(C)CO1. The number of carbonyl (C=O) groups is 4. The number of methoxy groups -OCH3 is 1. The Morgan fingerprint density at radius 1 is 1.18 bits per heavy atom. The molecule has 0 aromatic heterocycles. The monoisotopic (exact) mass is 391 g/mol. The maximum absolute atomic E-state index is 12.7. The number of ketones is 1. The molecule has 0 unspecified atom stereocenters. The van der Waals surface area contributed by atoms with Gasteiger partial charge in [-0.15, -0.1) is 0 Å². The maximum atomic E-state index is 12.7. The molecule has 0 bridgehead atoms. The topological polar surface area (TPSA) is 126 Å². The van der Waals surface area contributed by atoms with Crippen LogP contribution in [-0.4, -0.2) is 61.6 Å². The number of alkyl carbamates (subject to hydrolysis) is 1. The van der Waals surface area contributed by atoms with E-state index >= 15 is 0 Å². The molecule has 0 spiro atoms. The zero-order valence-corrected chi connectivity index (χ0v) is 16.1. The van der Waals surface area contributed by atoms with Gasteiger partial charge in [0, 0.05) is 0 Å². The molecular weight excluding hydrogens is 366 g/mol. The Kier molecular flexibility index (Phi) is 7.11. The minimum atomic E-state index is -0.880. The molecule has 1 aliphatic heterocycles. The number of hydrogen-bond donors (Lipinski definition) is 3. The number of amides is 3. The van der Waals surface area contributed by atoms with Gasteiger partial charge in [-0.25, -0.2) is 4.79 Å². The molecule has 1 aromatic rings. The van der Waals surface area contributed by atoms with Gasteiger partial charge in [0.25, 0.3) is 0 Å². The lowest BCUT2D eigenvalue weighted by molar-refractivity contribution is -0.131. The number of carbonyl (C=O) groups excluding carboxylic acids is 4. The summed E-state index contributed by atoms with van der Waals surface area (Å²) in [6.45, 7) is 3.13. The number of nitrogens with one attached hydrogen (secondary N) is 3. The molecule has 0 aliphatic carbocycles. The first kappa shape index (κ1) is 21.4. The van der Waals surface area contributed by atoms with Crippen LogP contribution in [0.4, 0.5) is 4.79 Å². The van der Waals surface area contributed by atoms with Gasteiger partial charge in [0.05, 0.1) is 26.3 Å². The van der Waals surface area contributed by atoms with Crippen LogP contribution in [-0.2, 0) is 30.3 Å². The molecule has 0 saturated carbocycles. The molecule has 3 atom stereocenters. The molecule has 3 amide bonds. The molecule has 1 saturated heterocycles. The van der Waals surface area contributed by atoms with Gasteiger partial charge in [-0.05, 0) is 25.8 Å². The summed E-state index contributed by atoms with van der Waals surface area (Å²) in [5, 5.41) is 7.37. The van der Waals surface area contributed by atoms with Crippen LogP contribution in [0.3, 0.4) is 0 Å². The second-order valence-electron chi connectivity index (χ2n) is 6.77. The number of rotatable bonds is 9. The molecular formula is C19H25N3O6. The first-order valence-electron chi connectivity index (χ1n) is 8.89. The molecule has 1 aromatic carbocycles. The van der Waals surface area contributed by atoms with Crippen molar-refractivity contribution >= 4 is 23.7 Å². The standard InChI is InChI=1S/C19H25N3O6/c1-12(21-18(26)27-3)17(25)20-10-15(23)22-14(16(24)19(2)11-28-19)9-13-7-5-4-6-8-13/h4-8,12,14H,9-11H2,1-3H3,(H,20,25)(H,21,26)(H,22,23)/t12-,14-,19+/m0/s1. The van der Waals surface area contributed by atoms with E-state index in [4.69, 9.17) is 4.74 Å². The molecule has 9 heteroatoms. The highest BCUT2D eigenvalue weighted by molar-refractivity contribution is 5.97. The van der Waals surface area contributed by atoms with E-state index in [0.717, 1.165) is 5.56 Å². The van der Waals surface area contributed by atoms with E-state index < -0.39 is 35.6 Å². The Bertz CT molecular complexity index is 732. The minimum Gasteiger partial charge on any atom is -0.453 e. The van der Waals surface area contributed by atoms with Crippen molar-refractivity contribution < 1.29 is 28.7 Å². The van der Waals surface area contributed by atoms with Crippen molar-refractivity contribution in [3.63, 3.8) is 0 Å². The zero-order chi connectivity index (χ0) is 20.7. The second-order valence-corrected chi connectivity index (χ2v) is 6.77. The molecule has 1 aliphatic rings. The first-order chi connectivity index (χ1) is 13.2. The molecule has 1 heterocycles. The minimum absolute atomic E-state index is 0.211. The van der Waals surface area contributed by atoms with Gasteiger partial charge in [-0.3, -0.25) is 14.4 Å². The average molecular weight is 391 g/mol. The summed E-state index contributed by atoms with van der Waals surface area (Å²) < 4.78 is 9.62. The van der Waals surface area contributed by atoms with Gasteiger partial charge in [-0.1, -0.05) is 30.3 Å². The highest BCUT2D eigenvalue weighted by Gasteiger charge is 2.50. The molecule has 9 nitrogen and oxygen atoms in total. The lowest BCUT2D eigenvalue weighted by Crippen LogP contribution is -2.52. The summed E-state index contributed by atoms with van der Waals surface area (Å²) in [5.74, 6) is -1.28. The van der Waals surface area contributed by atoms with Crippen LogP contribution in [0, 0.1) is 0 Å². The van der Waals surface area contributed by atoms with Crippen LogP contribution in [0.15, 0.2) is 30.3 Å².